The van der Waals surface area contributed by atoms with Crippen molar-refractivity contribution in [2.45, 2.75) is 25.8 Å². The Kier molecular flexibility index (Phi) is 5.59. The Morgan fingerprint density at radius 3 is 2.27 bits per heavy atom. The van der Waals surface area contributed by atoms with Crippen molar-refractivity contribution in [3.05, 3.63) is 63.6 Å². The summed E-state index contributed by atoms with van der Waals surface area (Å²) in [6.07, 6.45) is 0.689. The summed E-state index contributed by atoms with van der Waals surface area (Å²) in [7, 11) is 0. The average molecular weight is 391 g/mol. The maximum absolute atomic E-state index is 12.2. The summed E-state index contributed by atoms with van der Waals surface area (Å²) in [6.45, 7) is 0.256. The summed E-state index contributed by atoms with van der Waals surface area (Å²) in [5.41, 5.74) is 2.14. The zero-order valence-electron chi connectivity index (χ0n) is 13.8. The summed E-state index contributed by atoms with van der Waals surface area (Å²) in [6, 6.07) is 12.0. The van der Waals surface area contributed by atoms with E-state index in [1.54, 1.807) is 42.5 Å². The van der Waals surface area contributed by atoms with Crippen LogP contribution < -0.4 is 5.32 Å². The molecular formula is C19H16Cl2N2O3. The van der Waals surface area contributed by atoms with E-state index in [1.807, 2.05) is 0 Å². The number of benzene rings is 2. The lowest BCUT2D eigenvalue weighted by molar-refractivity contribution is -0.139. The largest absolute Gasteiger partial charge is 0.326 e. The minimum Gasteiger partial charge on any atom is -0.326 e. The second kappa shape index (κ2) is 7.89. The van der Waals surface area contributed by atoms with E-state index in [-0.39, 0.29) is 43.5 Å². The van der Waals surface area contributed by atoms with Crippen LogP contribution in [0.4, 0.5) is 5.69 Å². The Hall–Kier alpha value is -2.37. The molecule has 0 atom stereocenters. The topological polar surface area (TPSA) is 66.5 Å². The van der Waals surface area contributed by atoms with E-state index in [4.69, 9.17) is 23.2 Å². The number of carbonyl (C=O) groups is 3. The van der Waals surface area contributed by atoms with E-state index in [2.05, 4.69) is 5.32 Å². The van der Waals surface area contributed by atoms with Crippen LogP contribution >= 0.6 is 23.2 Å². The van der Waals surface area contributed by atoms with Gasteiger partial charge in [-0.3, -0.25) is 19.3 Å². The minimum atomic E-state index is -0.202. The van der Waals surface area contributed by atoms with Gasteiger partial charge in [-0.25, -0.2) is 0 Å². The molecule has 2 aromatic rings. The van der Waals surface area contributed by atoms with E-state index in [0.29, 0.717) is 21.3 Å². The van der Waals surface area contributed by atoms with Crippen molar-refractivity contribution in [2.75, 3.05) is 5.32 Å². The predicted molar refractivity (Wildman–Crippen MR) is 100 cm³/mol. The van der Waals surface area contributed by atoms with Gasteiger partial charge in [-0.05, 0) is 35.4 Å². The van der Waals surface area contributed by atoms with Crippen molar-refractivity contribution < 1.29 is 14.4 Å². The maximum Gasteiger partial charge on any atom is 0.229 e. The summed E-state index contributed by atoms with van der Waals surface area (Å²) >= 11 is 11.9. The number of amides is 3. The Balaban J connectivity index is 1.59. The number of halogens is 2. The second-order valence-corrected chi connectivity index (χ2v) is 6.87. The SMILES string of the molecule is O=C(Cc1ccc(Cl)cc1Cl)Nc1ccc(CN2C(=O)CCC2=O)cc1. The highest BCUT2D eigenvalue weighted by Crippen LogP contribution is 2.22. The first-order valence-corrected chi connectivity index (χ1v) is 8.84. The first kappa shape index (κ1) is 18.4. The van der Waals surface area contributed by atoms with Crippen LogP contribution in [0.2, 0.25) is 10.0 Å². The van der Waals surface area contributed by atoms with Crippen LogP contribution in [0, 0.1) is 0 Å². The summed E-state index contributed by atoms with van der Waals surface area (Å²) < 4.78 is 0. The lowest BCUT2D eigenvalue weighted by atomic mass is 10.1. The molecular weight excluding hydrogens is 375 g/mol. The Labute approximate surface area is 160 Å². The maximum atomic E-state index is 12.2. The van der Waals surface area contributed by atoms with E-state index in [0.717, 1.165) is 5.56 Å². The van der Waals surface area contributed by atoms with E-state index >= 15 is 0 Å². The van der Waals surface area contributed by atoms with Crippen LogP contribution in [-0.4, -0.2) is 22.6 Å². The van der Waals surface area contributed by atoms with Crippen molar-refractivity contribution >= 4 is 46.6 Å². The van der Waals surface area contributed by atoms with E-state index in [1.165, 1.54) is 4.90 Å². The number of anilines is 1. The fourth-order valence-electron chi connectivity index (χ4n) is 2.72. The number of hydrogen-bond donors (Lipinski definition) is 1. The minimum absolute atomic E-state index is 0.133. The molecule has 1 N–H and O–H groups in total. The number of rotatable bonds is 5. The standard InChI is InChI=1S/C19H16Cl2N2O3/c20-14-4-3-13(16(21)10-14)9-17(24)22-15-5-1-12(2-6-15)11-23-18(25)7-8-19(23)26/h1-6,10H,7-9,11H2,(H,22,24). The molecule has 134 valence electrons. The molecule has 0 saturated carbocycles. The molecule has 1 heterocycles. The third-order valence-corrected chi connectivity index (χ3v) is 4.69. The number of hydrogen-bond acceptors (Lipinski definition) is 3. The van der Waals surface area contributed by atoms with Crippen molar-refractivity contribution in [3.8, 4) is 0 Å². The molecule has 3 amide bonds. The molecule has 5 nitrogen and oxygen atoms in total. The third-order valence-electron chi connectivity index (χ3n) is 4.10. The average Bonchev–Trinajstić information content (AvgIpc) is 2.91. The Morgan fingerprint density at radius 2 is 1.65 bits per heavy atom. The molecule has 3 rings (SSSR count). The molecule has 0 radical (unpaired) electrons. The molecule has 26 heavy (non-hydrogen) atoms. The molecule has 7 heteroatoms. The van der Waals surface area contributed by atoms with Crippen LogP contribution in [0.1, 0.15) is 24.0 Å². The molecule has 0 aliphatic carbocycles. The molecule has 1 aliphatic heterocycles. The monoisotopic (exact) mass is 390 g/mol. The lowest BCUT2D eigenvalue weighted by Gasteiger charge is -2.14. The zero-order valence-corrected chi connectivity index (χ0v) is 15.3. The third kappa shape index (κ3) is 4.42. The molecule has 1 fully saturated rings. The van der Waals surface area contributed by atoms with Gasteiger partial charge in [0.15, 0.2) is 0 Å². The predicted octanol–water partition coefficient (Wildman–Crippen LogP) is 3.82. The normalized spacial score (nSPS) is 14.0. The van der Waals surface area contributed by atoms with Gasteiger partial charge >= 0.3 is 0 Å². The lowest BCUT2D eigenvalue weighted by Crippen LogP contribution is -2.28. The second-order valence-electron chi connectivity index (χ2n) is 6.03. The summed E-state index contributed by atoms with van der Waals surface area (Å²) in [5, 5.41) is 3.76. The molecule has 1 saturated heterocycles. The van der Waals surface area contributed by atoms with Gasteiger partial charge in [-0.15, -0.1) is 0 Å². The number of likely N-dealkylation sites (tertiary alicyclic amines) is 1. The zero-order chi connectivity index (χ0) is 18.7. The quantitative estimate of drug-likeness (QED) is 0.788. The number of carbonyl (C=O) groups excluding carboxylic acids is 3. The molecule has 0 spiro atoms. The van der Waals surface area contributed by atoms with Crippen molar-refractivity contribution in [1.82, 2.24) is 4.90 Å². The van der Waals surface area contributed by atoms with Gasteiger partial charge < -0.3 is 5.32 Å². The van der Waals surface area contributed by atoms with Crippen LogP contribution in [0.25, 0.3) is 0 Å². The van der Waals surface area contributed by atoms with Crippen molar-refractivity contribution in [2.24, 2.45) is 0 Å². The van der Waals surface area contributed by atoms with Crippen LogP contribution in [0.15, 0.2) is 42.5 Å². The highest BCUT2D eigenvalue weighted by Gasteiger charge is 2.28. The first-order chi connectivity index (χ1) is 12.4. The number of nitrogens with one attached hydrogen (secondary N) is 1. The molecule has 0 unspecified atom stereocenters. The fraction of sp³-hybridized carbons (Fsp3) is 0.211. The molecule has 2 aromatic carbocycles. The van der Waals surface area contributed by atoms with Gasteiger partial charge in [0.2, 0.25) is 17.7 Å². The Bertz CT molecular complexity index is 850. The first-order valence-electron chi connectivity index (χ1n) is 8.08. The van der Waals surface area contributed by atoms with Gasteiger partial charge in [-0.2, -0.15) is 0 Å². The van der Waals surface area contributed by atoms with Gasteiger partial charge in [0.25, 0.3) is 0 Å². The van der Waals surface area contributed by atoms with Crippen molar-refractivity contribution in [3.63, 3.8) is 0 Å². The van der Waals surface area contributed by atoms with Crippen LogP contribution in [0.5, 0.6) is 0 Å². The number of imide groups is 1. The van der Waals surface area contributed by atoms with Crippen LogP contribution in [-0.2, 0) is 27.3 Å². The van der Waals surface area contributed by atoms with Crippen molar-refractivity contribution in [1.29, 1.82) is 0 Å². The molecule has 0 aromatic heterocycles. The van der Waals surface area contributed by atoms with Gasteiger partial charge in [0, 0.05) is 28.6 Å². The number of nitrogens with zero attached hydrogens (tertiary/aromatic N) is 1. The van der Waals surface area contributed by atoms with Gasteiger partial charge in [0.05, 0.1) is 13.0 Å². The van der Waals surface area contributed by atoms with E-state index < -0.39 is 0 Å². The van der Waals surface area contributed by atoms with Gasteiger partial charge in [0.1, 0.15) is 0 Å². The Morgan fingerprint density at radius 1 is 1.00 bits per heavy atom. The molecule has 1 aliphatic rings. The van der Waals surface area contributed by atoms with Crippen LogP contribution in [0.3, 0.4) is 0 Å². The summed E-state index contributed by atoms with van der Waals surface area (Å²) in [4.78, 5) is 36.7. The molecule has 0 bridgehead atoms. The highest BCUT2D eigenvalue weighted by atomic mass is 35.5. The van der Waals surface area contributed by atoms with E-state index in [9.17, 15) is 14.4 Å². The summed E-state index contributed by atoms with van der Waals surface area (Å²) in [5.74, 6) is -0.494. The van der Waals surface area contributed by atoms with Gasteiger partial charge in [-0.1, -0.05) is 41.4 Å². The smallest absolute Gasteiger partial charge is 0.229 e. The fourth-order valence-corrected chi connectivity index (χ4v) is 3.19. The highest BCUT2D eigenvalue weighted by molar-refractivity contribution is 6.35.